The number of guanidine groups is 1. The molecule has 1 aromatic carbocycles. The Balaban J connectivity index is 1.52. The lowest BCUT2D eigenvalue weighted by Gasteiger charge is -2.12. The smallest absolute Gasteiger partial charge is 0.219 e. The number of rotatable bonds is 8. The lowest BCUT2D eigenvalue weighted by atomic mass is 10.3. The van der Waals surface area contributed by atoms with Crippen molar-refractivity contribution < 1.29 is 9.47 Å². The van der Waals surface area contributed by atoms with Gasteiger partial charge in [0.25, 0.3) is 0 Å². The van der Waals surface area contributed by atoms with E-state index in [2.05, 4.69) is 32.5 Å². The Kier molecular flexibility index (Phi) is 7.62. The molecule has 0 aliphatic heterocycles. The van der Waals surface area contributed by atoms with Crippen molar-refractivity contribution >= 4 is 17.3 Å². The fourth-order valence-electron chi connectivity index (χ4n) is 2.68. The number of aryl methyl sites for hydroxylation is 2. The summed E-state index contributed by atoms with van der Waals surface area (Å²) in [5, 5.41) is 7.62. The van der Waals surface area contributed by atoms with Crippen LogP contribution in [-0.4, -0.2) is 29.6 Å². The van der Waals surface area contributed by atoms with Gasteiger partial charge in [-0.3, -0.25) is 4.99 Å². The van der Waals surface area contributed by atoms with E-state index < -0.39 is 0 Å². The molecule has 7 nitrogen and oxygen atoms in total. The number of hydrogen-bond donors (Lipinski definition) is 2. The maximum atomic E-state index is 5.86. The van der Waals surface area contributed by atoms with Gasteiger partial charge in [-0.05, 0) is 38.5 Å². The zero-order valence-corrected chi connectivity index (χ0v) is 18.5. The largest absolute Gasteiger partial charge is 0.490 e. The fraction of sp³-hybridized carbons (Fsp3) is 0.318. The predicted molar refractivity (Wildman–Crippen MR) is 121 cm³/mol. The van der Waals surface area contributed by atoms with Gasteiger partial charge >= 0.3 is 0 Å². The summed E-state index contributed by atoms with van der Waals surface area (Å²) in [5.74, 6) is 2.58. The summed E-state index contributed by atoms with van der Waals surface area (Å²) in [6.45, 7) is 7.87. The van der Waals surface area contributed by atoms with Crippen LogP contribution in [0.15, 0.2) is 47.6 Å². The Morgan fingerprint density at radius 1 is 1.07 bits per heavy atom. The first-order chi connectivity index (χ1) is 14.6. The third kappa shape index (κ3) is 5.93. The molecule has 2 N–H and O–H groups in total. The van der Waals surface area contributed by atoms with E-state index in [-0.39, 0.29) is 0 Å². The van der Waals surface area contributed by atoms with Crippen LogP contribution in [0.2, 0.25) is 0 Å². The van der Waals surface area contributed by atoms with Crippen LogP contribution < -0.4 is 20.1 Å². The molecule has 8 heteroatoms. The van der Waals surface area contributed by atoms with E-state index in [0.717, 1.165) is 16.3 Å². The molecule has 0 atom stereocenters. The minimum atomic E-state index is 0.517. The number of nitrogens with zero attached hydrogens (tertiary/aromatic N) is 3. The van der Waals surface area contributed by atoms with Crippen LogP contribution in [0.3, 0.4) is 0 Å². The van der Waals surface area contributed by atoms with Gasteiger partial charge in [0.15, 0.2) is 17.5 Å². The van der Waals surface area contributed by atoms with Gasteiger partial charge < -0.3 is 20.1 Å². The molecule has 3 aromatic rings. The quantitative estimate of drug-likeness (QED) is 0.416. The van der Waals surface area contributed by atoms with Crippen molar-refractivity contribution in [1.29, 1.82) is 0 Å². The average molecular weight is 426 g/mol. The first kappa shape index (κ1) is 21.6. The highest BCUT2D eigenvalue weighted by Gasteiger charge is 2.07. The average Bonchev–Trinajstić information content (AvgIpc) is 3.08. The predicted octanol–water partition coefficient (Wildman–Crippen LogP) is 4.21. The van der Waals surface area contributed by atoms with Crippen LogP contribution in [0.1, 0.15) is 28.1 Å². The van der Waals surface area contributed by atoms with Crippen molar-refractivity contribution in [1.82, 2.24) is 20.6 Å². The van der Waals surface area contributed by atoms with Crippen molar-refractivity contribution in [3.8, 4) is 17.4 Å². The lowest BCUT2D eigenvalue weighted by molar-refractivity contribution is 0.319. The van der Waals surface area contributed by atoms with E-state index in [9.17, 15) is 0 Å². The molecular weight excluding hydrogens is 398 g/mol. The number of para-hydroxylation sites is 2. The van der Waals surface area contributed by atoms with Gasteiger partial charge in [-0.1, -0.05) is 18.2 Å². The van der Waals surface area contributed by atoms with Crippen molar-refractivity contribution in [2.45, 2.75) is 33.9 Å². The van der Waals surface area contributed by atoms with Gasteiger partial charge in [-0.25, -0.2) is 9.97 Å². The van der Waals surface area contributed by atoms with Gasteiger partial charge in [0.1, 0.15) is 5.01 Å². The van der Waals surface area contributed by atoms with Gasteiger partial charge in [0.2, 0.25) is 5.88 Å². The molecule has 0 aliphatic rings. The number of nitrogens with one attached hydrogen (secondary N) is 2. The van der Waals surface area contributed by atoms with E-state index in [4.69, 9.17) is 9.47 Å². The van der Waals surface area contributed by atoms with Crippen molar-refractivity contribution in [3.05, 3.63) is 63.7 Å². The molecule has 0 radical (unpaired) electrons. The Labute approximate surface area is 181 Å². The van der Waals surface area contributed by atoms with Crippen LogP contribution in [0, 0.1) is 13.8 Å². The first-order valence-corrected chi connectivity index (χ1v) is 10.6. The summed E-state index contributed by atoms with van der Waals surface area (Å²) in [4.78, 5) is 14.4. The summed E-state index contributed by atoms with van der Waals surface area (Å²) in [5.41, 5.74) is 2.10. The molecule has 0 saturated heterocycles. The van der Waals surface area contributed by atoms with Gasteiger partial charge in [-0.15, -0.1) is 11.3 Å². The number of thiazole rings is 1. The SMILES string of the molecule is CCOc1ccccc1Oc1ccc(CNC(=NC)NCc2nc(C)c(C)s2)cn1. The maximum Gasteiger partial charge on any atom is 0.219 e. The topological polar surface area (TPSA) is 80.7 Å². The van der Waals surface area contributed by atoms with E-state index >= 15 is 0 Å². The number of hydrogen-bond acceptors (Lipinski definition) is 6. The zero-order valence-electron chi connectivity index (χ0n) is 17.7. The summed E-state index contributed by atoms with van der Waals surface area (Å²) < 4.78 is 11.5. The molecule has 3 rings (SSSR count). The standard InChI is InChI=1S/C22H27N5O2S/c1-5-28-18-8-6-7-9-19(18)29-20-11-10-17(12-24-20)13-25-22(23-4)26-14-21-27-15(2)16(3)30-21/h6-12H,5,13-14H2,1-4H3,(H2,23,25,26). The van der Waals surface area contributed by atoms with Crippen LogP contribution in [0.4, 0.5) is 0 Å². The van der Waals surface area contributed by atoms with Crippen LogP contribution in [-0.2, 0) is 13.1 Å². The summed E-state index contributed by atoms with van der Waals surface area (Å²) in [6, 6.07) is 11.4. The summed E-state index contributed by atoms with van der Waals surface area (Å²) in [7, 11) is 1.75. The second kappa shape index (κ2) is 10.6. The second-order valence-electron chi connectivity index (χ2n) is 6.52. The monoisotopic (exact) mass is 425 g/mol. The zero-order chi connectivity index (χ0) is 21.3. The van der Waals surface area contributed by atoms with Crippen LogP contribution >= 0.6 is 11.3 Å². The Hall–Kier alpha value is -3.13. The minimum absolute atomic E-state index is 0.517. The highest BCUT2D eigenvalue weighted by atomic mass is 32.1. The number of benzene rings is 1. The van der Waals surface area contributed by atoms with Gasteiger partial charge in [-0.2, -0.15) is 0 Å². The molecule has 0 aliphatic carbocycles. The molecular formula is C22H27N5O2S. The van der Waals surface area contributed by atoms with Gasteiger partial charge in [0, 0.05) is 30.7 Å². The van der Waals surface area contributed by atoms with E-state index in [1.54, 1.807) is 24.6 Å². The van der Waals surface area contributed by atoms with Crippen molar-refractivity contribution in [2.75, 3.05) is 13.7 Å². The van der Waals surface area contributed by atoms with Crippen molar-refractivity contribution in [2.24, 2.45) is 4.99 Å². The first-order valence-electron chi connectivity index (χ1n) is 9.81. The molecule has 0 saturated carbocycles. The number of pyridine rings is 1. The highest BCUT2D eigenvalue weighted by molar-refractivity contribution is 7.11. The van der Waals surface area contributed by atoms with Gasteiger partial charge in [0.05, 0.1) is 18.8 Å². The molecule has 0 bridgehead atoms. The molecule has 2 heterocycles. The third-order valence-electron chi connectivity index (χ3n) is 4.32. The molecule has 30 heavy (non-hydrogen) atoms. The molecule has 158 valence electrons. The fourth-order valence-corrected chi connectivity index (χ4v) is 3.55. The maximum absolute atomic E-state index is 5.86. The van der Waals surface area contributed by atoms with Crippen LogP contribution in [0.5, 0.6) is 17.4 Å². The normalized spacial score (nSPS) is 11.3. The van der Waals surface area contributed by atoms with E-state index in [0.29, 0.717) is 43.0 Å². The minimum Gasteiger partial charge on any atom is -0.490 e. The summed E-state index contributed by atoms with van der Waals surface area (Å²) >= 11 is 1.70. The summed E-state index contributed by atoms with van der Waals surface area (Å²) in [6.07, 6.45) is 1.78. The molecule has 2 aromatic heterocycles. The Morgan fingerprint density at radius 2 is 1.83 bits per heavy atom. The van der Waals surface area contributed by atoms with E-state index in [1.165, 1.54) is 4.88 Å². The molecule has 0 amide bonds. The second-order valence-corrected chi connectivity index (χ2v) is 7.80. The number of aliphatic imine (C=N–C) groups is 1. The van der Waals surface area contributed by atoms with Crippen molar-refractivity contribution in [3.63, 3.8) is 0 Å². The van der Waals surface area contributed by atoms with Crippen LogP contribution in [0.25, 0.3) is 0 Å². The number of aromatic nitrogens is 2. The Morgan fingerprint density at radius 3 is 2.47 bits per heavy atom. The molecule has 0 fully saturated rings. The number of ether oxygens (including phenoxy) is 2. The van der Waals surface area contributed by atoms with E-state index in [1.807, 2.05) is 50.2 Å². The lowest BCUT2D eigenvalue weighted by Crippen LogP contribution is -2.36. The Bertz CT molecular complexity index is 966. The molecule has 0 spiro atoms. The highest BCUT2D eigenvalue weighted by Crippen LogP contribution is 2.30. The molecule has 0 unspecified atom stereocenters. The third-order valence-corrected chi connectivity index (χ3v) is 5.40.